The largest absolute Gasteiger partial charge is 0.312 e. The highest BCUT2D eigenvalue weighted by Gasteiger charge is 2.47. The van der Waals surface area contributed by atoms with Crippen LogP contribution in [-0.4, -0.2) is 36.1 Å². The van der Waals surface area contributed by atoms with Crippen LogP contribution in [0.4, 0.5) is 0 Å². The van der Waals surface area contributed by atoms with E-state index in [1.54, 1.807) is 0 Å². The van der Waals surface area contributed by atoms with Crippen molar-refractivity contribution in [1.82, 2.24) is 10.2 Å². The molecule has 1 spiro atoms. The Hall–Kier alpha value is -0.0800. The topological polar surface area (TPSA) is 15.3 Å². The molecule has 1 N–H and O–H groups in total. The van der Waals surface area contributed by atoms with E-state index in [2.05, 4.69) is 44.8 Å². The van der Waals surface area contributed by atoms with Crippen LogP contribution in [0.5, 0.6) is 0 Å². The van der Waals surface area contributed by atoms with Gasteiger partial charge in [0, 0.05) is 31.2 Å². The van der Waals surface area contributed by atoms with Crippen LogP contribution in [0, 0.1) is 11.3 Å². The van der Waals surface area contributed by atoms with Gasteiger partial charge in [0.1, 0.15) is 0 Å². The first-order valence-electron chi connectivity index (χ1n) is 7.42. The van der Waals surface area contributed by atoms with E-state index in [4.69, 9.17) is 0 Å². The lowest BCUT2D eigenvalue weighted by Crippen LogP contribution is -2.62. The molecule has 0 aromatic carbocycles. The van der Waals surface area contributed by atoms with Crippen molar-refractivity contribution in [3.05, 3.63) is 0 Å². The molecule has 0 aromatic heterocycles. The summed E-state index contributed by atoms with van der Waals surface area (Å²) in [6, 6.07) is 2.13. The van der Waals surface area contributed by atoms with Gasteiger partial charge in [0.2, 0.25) is 0 Å². The van der Waals surface area contributed by atoms with Crippen molar-refractivity contribution in [2.24, 2.45) is 11.3 Å². The summed E-state index contributed by atoms with van der Waals surface area (Å²) >= 11 is 0. The van der Waals surface area contributed by atoms with Crippen molar-refractivity contribution in [2.75, 3.05) is 13.1 Å². The molecule has 1 aliphatic carbocycles. The van der Waals surface area contributed by atoms with Crippen LogP contribution in [-0.2, 0) is 0 Å². The fourth-order valence-electron chi connectivity index (χ4n) is 3.82. The highest BCUT2D eigenvalue weighted by atomic mass is 15.2. The number of hydrogen-bond donors (Lipinski definition) is 1. The summed E-state index contributed by atoms with van der Waals surface area (Å²) in [7, 11) is 0. The standard InChI is InChI=1S/C15H30N2/c1-11(2)16-14-6-7-15(8-13(14)5)9-17(10-15)12(3)4/h11-14,16H,6-10H2,1-5H3/t13-,14+/m0/s1. The summed E-state index contributed by atoms with van der Waals surface area (Å²) in [6.45, 7) is 14.3. The van der Waals surface area contributed by atoms with E-state index in [9.17, 15) is 0 Å². The number of likely N-dealkylation sites (tertiary alicyclic amines) is 1. The van der Waals surface area contributed by atoms with Gasteiger partial charge in [-0.05, 0) is 44.4 Å². The Morgan fingerprint density at radius 3 is 2.29 bits per heavy atom. The van der Waals surface area contributed by atoms with Gasteiger partial charge in [-0.15, -0.1) is 0 Å². The Balaban J connectivity index is 1.84. The number of hydrogen-bond acceptors (Lipinski definition) is 2. The monoisotopic (exact) mass is 238 g/mol. The molecule has 2 aliphatic rings. The zero-order valence-electron chi connectivity index (χ0n) is 12.3. The zero-order valence-corrected chi connectivity index (χ0v) is 12.3. The van der Waals surface area contributed by atoms with Crippen LogP contribution in [0.3, 0.4) is 0 Å². The first-order valence-corrected chi connectivity index (χ1v) is 7.42. The molecular weight excluding hydrogens is 208 g/mol. The Morgan fingerprint density at radius 2 is 1.82 bits per heavy atom. The molecule has 0 amide bonds. The third-order valence-corrected chi connectivity index (χ3v) is 4.78. The lowest BCUT2D eigenvalue weighted by atomic mass is 9.63. The van der Waals surface area contributed by atoms with Gasteiger partial charge >= 0.3 is 0 Å². The molecular formula is C15H30N2. The number of nitrogens with zero attached hydrogens (tertiary/aromatic N) is 1. The molecule has 2 heteroatoms. The normalized spacial score (nSPS) is 33.4. The maximum atomic E-state index is 3.74. The van der Waals surface area contributed by atoms with Crippen LogP contribution >= 0.6 is 0 Å². The second-order valence-electron chi connectivity index (χ2n) is 7.15. The smallest absolute Gasteiger partial charge is 0.00954 e. The van der Waals surface area contributed by atoms with E-state index in [0.717, 1.165) is 18.0 Å². The van der Waals surface area contributed by atoms with Gasteiger partial charge in [-0.25, -0.2) is 0 Å². The molecule has 0 aromatic rings. The van der Waals surface area contributed by atoms with Gasteiger partial charge in [-0.3, -0.25) is 4.90 Å². The molecule has 17 heavy (non-hydrogen) atoms. The molecule has 100 valence electrons. The van der Waals surface area contributed by atoms with Gasteiger partial charge < -0.3 is 5.32 Å². The SMILES string of the molecule is CC(C)N[C@@H]1CCC2(C[C@@H]1C)CN(C(C)C)C2. The molecule has 0 bridgehead atoms. The van der Waals surface area contributed by atoms with Gasteiger partial charge in [0.15, 0.2) is 0 Å². The van der Waals surface area contributed by atoms with E-state index in [-0.39, 0.29) is 0 Å². The van der Waals surface area contributed by atoms with Gasteiger partial charge in [-0.2, -0.15) is 0 Å². The Morgan fingerprint density at radius 1 is 1.18 bits per heavy atom. The van der Waals surface area contributed by atoms with Gasteiger partial charge in [0.25, 0.3) is 0 Å². The lowest BCUT2D eigenvalue weighted by Gasteiger charge is -2.57. The third kappa shape index (κ3) is 2.85. The van der Waals surface area contributed by atoms with Gasteiger partial charge in [-0.1, -0.05) is 20.8 Å². The molecule has 2 fully saturated rings. The van der Waals surface area contributed by atoms with Crippen molar-refractivity contribution in [2.45, 2.75) is 72.0 Å². The minimum Gasteiger partial charge on any atom is -0.312 e. The summed E-state index contributed by atoms with van der Waals surface area (Å²) in [5, 5.41) is 3.74. The fourth-order valence-corrected chi connectivity index (χ4v) is 3.82. The molecule has 1 saturated heterocycles. The van der Waals surface area contributed by atoms with Crippen LogP contribution in [0.1, 0.15) is 53.9 Å². The number of nitrogens with one attached hydrogen (secondary N) is 1. The van der Waals surface area contributed by atoms with Crippen LogP contribution in [0.15, 0.2) is 0 Å². The molecule has 1 saturated carbocycles. The van der Waals surface area contributed by atoms with Crippen molar-refractivity contribution < 1.29 is 0 Å². The lowest BCUT2D eigenvalue weighted by molar-refractivity contribution is -0.0654. The molecule has 0 radical (unpaired) electrons. The molecule has 1 aliphatic heterocycles. The predicted octanol–water partition coefficient (Wildman–Crippen LogP) is 2.88. The van der Waals surface area contributed by atoms with E-state index >= 15 is 0 Å². The predicted molar refractivity (Wildman–Crippen MR) is 74.2 cm³/mol. The molecule has 1 heterocycles. The Kier molecular flexibility index (Phi) is 3.84. The molecule has 2 nitrogen and oxygen atoms in total. The average molecular weight is 238 g/mol. The quantitative estimate of drug-likeness (QED) is 0.813. The third-order valence-electron chi connectivity index (χ3n) is 4.78. The van der Waals surface area contributed by atoms with Gasteiger partial charge in [0.05, 0.1) is 0 Å². The summed E-state index contributed by atoms with van der Waals surface area (Å²) < 4.78 is 0. The fraction of sp³-hybridized carbons (Fsp3) is 1.00. The van der Waals surface area contributed by atoms with E-state index in [1.807, 2.05) is 0 Å². The number of rotatable bonds is 3. The first-order chi connectivity index (χ1) is 7.92. The minimum atomic E-state index is 0.630. The Bertz CT molecular complexity index is 254. The van der Waals surface area contributed by atoms with E-state index < -0.39 is 0 Å². The Labute approximate surface area is 107 Å². The highest BCUT2D eigenvalue weighted by Crippen LogP contribution is 2.46. The van der Waals surface area contributed by atoms with Crippen LogP contribution in [0.25, 0.3) is 0 Å². The average Bonchev–Trinajstić information content (AvgIpc) is 2.16. The zero-order chi connectivity index (χ0) is 12.6. The summed E-state index contributed by atoms with van der Waals surface area (Å²) in [5.41, 5.74) is 0.679. The second kappa shape index (κ2) is 4.89. The summed E-state index contributed by atoms with van der Waals surface area (Å²) in [5.74, 6) is 0.848. The molecule has 2 atom stereocenters. The van der Waals surface area contributed by atoms with Crippen LogP contribution < -0.4 is 5.32 Å². The summed E-state index contributed by atoms with van der Waals surface area (Å²) in [4.78, 5) is 2.63. The molecule has 2 rings (SSSR count). The minimum absolute atomic E-state index is 0.630. The van der Waals surface area contributed by atoms with E-state index in [0.29, 0.717) is 11.5 Å². The van der Waals surface area contributed by atoms with E-state index in [1.165, 1.54) is 32.4 Å². The van der Waals surface area contributed by atoms with Crippen molar-refractivity contribution in [3.63, 3.8) is 0 Å². The van der Waals surface area contributed by atoms with Crippen LogP contribution in [0.2, 0.25) is 0 Å². The second-order valence-corrected chi connectivity index (χ2v) is 7.15. The maximum Gasteiger partial charge on any atom is 0.00954 e. The highest BCUT2D eigenvalue weighted by molar-refractivity contribution is 5.01. The van der Waals surface area contributed by atoms with Crippen molar-refractivity contribution in [1.29, 1.82) is 0 Å². The maximum absolute atomic E-state index is 3.74. The van der Waals surface area contributed by atoms with Crippen molar-refractivity contribution in [3.8, 4) is 0 Å². The summed E-state index contributed by atoms with van der Waals surface area (Å²) in [6.07, 6.45) is 4.25. The van der Waals surface area contributed by atoms with Crippen molar-refractivity contribution >= 4 is 0 Å². The first kappa shape index (κ1) is 13.4. The molecule has 0 unspecified atom stereocenters.